The molecule has 0 radical (unpaired) electrons. The molecule has 0 saturated carbocycles. The Bertz CT molecular complexity index is 441. The second kappa shape index (κ2) is 6.52. The van der Waals surface area contributed by atoms with Gasteiger partial charge in [0, 0.05) is 10.6 Å². The van der Waals surface area contributed by atoms with Crippen molar-refractivity contribution in [3.8, 4) is 5.75 Å². The zero-order chi connectivity index (χ0) is 12.8. The van der Waals surface area contributed by atoms with Gasteiger partial charge < -0.3 is 9.47 Å². The first kappa shape index (κ1) is 13.9. The van der Waals surface area contributed by atoms with Gasteiger partial charge in [0.2, 0.25) is 0 Å². The largest absolute Gasteiger partial charge is 0.488 e. The smallest absolute Gasteiger partial charge is 0.333 e. The summed E-state index contributed by atoms with van der Waals surface area (Å²) in [6.45, 7) is 1.89. The maximum Gasteiger partial charge on any atom is 0.333 e. The van der Waals surface area contributed by atoms with Crippen LogP contribution in [0.1, 0.15) is 6.92 Å². The Morgan fingerprint density at radius 2 is 2.12 bits per heavy atom. The molecule has 0 aliphatic heterocycles. The number of carbonyl (C=O) groups excluding carboxylic acids is 1. The average Bonchev–Trinajstić information content (AvgIpc) is 2.30. The molecule has 1 aromatic carbocycles. The van der Waals surface area contributed by atoms with E-state index in [-0.39, 0.29) is 12.6 Å². The van der Waals surface area contributed by atoms with E-state index in [0.717, 1.165) is 0 Å². The van der Waals surface area contributed by atoms with Crippen LogP contribution in [0.2, 0.25) is 10.0 Å². The number of methoxy groups -OCH3 is 1. The van der Waals surface area contributed by atoms with Crippen molar-refractivity contribution in [2.24, 2.45) is 0 Å². The molecule has 0 bridgehead atoms. The van der Waals surface area contributed by atoms with E-state index in [1.165, 1.54) is 7.11 Å². The van der Waals surface area contributed by atoms with Crippen LogP contribution in [0.15, 0.2) is 29.8 Å². The molecule has 3 nitrogen and oxygen atoms in total. The Labute approximate surface area is 110 Å². The summed E-state index contributed by atoms with van der Waals surface area (Å²) >= 11 is 11.7. The average molecular weight is 275 g/mol. The van der Waals surface area contributed by atoms with Crippen molar-refractivity contribution in [3.05, 3.63) is 39.9 Å². The van der Waals surface area contributed by atoms with Gasteiger partial charge >= 0.3 is 5.97 Å². The van der Waals surface area contributed by atoms with Gasteiger partial charge in [-0.3, -0.25) is 0 Å². The lowest BCUT2D eigenvalue weighted by Crippen LogP contribution is -2.04. The van der Waals surface area contributed by atoms with Crippen molar-refractivity contribution < 1.29 is 14.3 Å². The van der Waals surface area contributed by atoms with Crippen LogP contribution in [-0.4, -0.2) is 19.7 Å². The number of ether oxygens (including phenoxy) is 2. The fourth-order valence-corrected chi connectivity index (χ4v) is 1.56. The Hall–Kier alpha value is -1.19. The van der Waals surface area contributed by atoms with Gasteiger partial charge in [-0.15, -0.1) is 0 Å². The summed E-state index contributed by atoms with van der Waals surface area (Å²) < 4.78 is 9.93. The molecule has 0 aliphatic carbocycles. The molecule has 0 amide bonds. The Balaban J connectivity index is 2.59. The molecule has 0 spiro atoms. The quantitative estimate of drug-likeness (QED) is 0.623. The lowest BCUT2D eigenvalue weighted by Gasteiger charge is -2.06. The molecule has 1 rings (SSSR count). The van der Waals surface area contributed by atoms with E-state index in [0.29, 0.717) is 21.4 Å². The topological polar surface area (TPSA) is 35.5 Å². The summed E-state index contributed by atoms with van der Waals surface area (Å²) in [6.07, 6.45) is 1.62. The maximum atomic E-state index is 11.1. The number of hydrogen-bond donors (Lipinski definition) is 0. The highest BCUT2D eigenvalue weighted by Crippen LogP contribution is 2.27. The summed E-state index contributed by atoms with van der Waals surface area (Å²) in [5, 5.41) is 0.977. The predicted octanol–water partition coefficient (Wildman–Crippen LogP) is 3.49. The lowest BCUT2D eigenvalue weighted by atomic mass is 10.3. The van der Waals surface area contributed by atoms with Gasteiger partial charge in [0.25, 0.3) is 0 Å². The molecule has 0 heterocycles. The maximum absolute atomic E-state index is 11.1. The van der Waals surface area contributed by atoms with Crippen molar-refractivity contribution in [2.75, 3.05) is 13.7 Å². The molecular formula is C12H12Cl2O3. The standard InChI is InChI=1S/C12H12Cl2O3/c1-8(12(15)16-2)5-6-17-11-4-3-9(13)7-10(11)14/h3-5,7H,6H2,1-2H3. The van der Waals surface area contributed by atoms with Gasteiger partial charge in [-0.2, -0.15) is 0 Å². The van der Waals surface area contributed by atoms with E-state index in [1.54, 1.807) is 31.2 Å². The van der Waals surface area contributed by atoms with Crippen LogP contribution in [-0.2, 0) is 9.53 Å². The van der Waals surface area contributed by atoms with Crippen molar-refractivity contribution in [1.82, 2.24) is 0 Å². The predicted molar refractivity (Wildman–Crippen MR) is 67.7 cm³/mol. The minimum Gasteiger partial charge on any atom is -0.488 e. The van der Waals surface area contributed by atoms with Crippen LogP contribution in [0, 0.1) is 0 Å². The van der Waals surface area contributed by atoms with Gasteiger partial charge in [0.05, 0.1) is 12.1 Å². The van der Waals surface area contributed by atoms with E-state index < -0.39 is 0 Å². The summed E-state index contributed by atoms with van der Waals surface area (Å²) in [4.78, 5) is 11.1. The fourth-order valence-electron chi connectivity index (χ4n) is 1.09. The molecule has 0 N–H and O–H groups in total. The minimum absolute atomic E-state index is 0.238. The van der Waals surface area contributed by atoms with Crippen molar-refractivity contribution in [3.63, 3.8) is 0 Å². The number of benzene rings is 1. The van der Waals surface area contributed by atoms with E-state index in [4.69, 9.17) is 27.9 Å². The van der Waals surface area contributed by atoms with Crippen LogP contribution in [0.4, 0.5) is 0 Å². The highest BCUT2D eigenvalue weighted by molar-refractivity contribution is 6.35. The first-order valence-corrected chi connectivity index (χ1v) is 5.63. The number of rotatable bonds is 4. The zero-order valence-electron chi connectivity index (χ0n) is 9.50. The van der Waals surface area contributed by atoms with Crippen molar-refractivity contribution in [2.45, 2.75) is 6.92 Å². The third-order valence-corrected chi connectivity index (χ3v) is 2.56. The lowest BCUT2D eigenvalue weighted by molar-refractivity contribution is -0.136. The van der Waals surface area contributed by atoms with Crippen LogP contribution in [0.3, 0.4) is 0 Å². The molecule has 0 aromatic heterocycles. The number of carbonyl (C=O) groups is 1. The second-order valence-corrected chi connectivity index (χ2v) is 4.11. The van der Waals surface area contributed by atoms with Gasteiger partial charge in [0.1, 0.15) is 12.4 Å². The van der Waals surface area contributed by atoms with E-state index in [2.05, 4.69) is 4.74 Å². The first-order chi connectivity index (χ1) is 8.04. The molecule has 17 heavy (non-hydrogen) atoms. The molecule has 0 aliphatic rings. The highest BCUT2D eigenvalue weighted by atomic mass is 35.5. The molecule has 0 atom stereocenters. The molecule has 0 unspecified atom stereocenters. The van der Waals surface area contributed by atoms with E-state index >= 15 is 0 Å². The van der Waals surface area contributed by atoms with Crippen LogP contribution in [0.5, 0.6) is 5.75 Å². The second-order valence-electron chi connectivity index (χ2n) is 3.26. The third kappa shape index (κ3) is 4.29. The molecular weight excluding hydrogens is 263 g/mol. The Morgan fingerprint density at radius 3 is 2.71 bits per heavy atom. The monoisotopic (exact) mass is 274 g/mol. The summed E-state index contributed by atoms with van der Waals surface area (Å²) in [5.41, 5.74) is 0.484. The molecule has 0 saturated heterocycles. The van der Waals surface area contributed by atoms with Crippen molar-refractivity contribution >= 4 is 29.2 Å². The Morgan fingerprint density at radius 1 is 1.41 bits per heavy atom. The molecule has 0 fully saturated rings. The van der Waals surface area contributed by atoms with Gasteiger partial charge in [-0.1, -0.05) is 23.2 Å². The first-order valence-electron chi connectivity index (χ1n) is 4.87. The SMILES string of the molecule is COC(=O)C(C)=CCOc1ccc(Cl)cc1Cl. The van der Waals surface area contributed by atoms with Gasteiger partial charge in [-0.05, 0) is 31.2 Å². The number of hydrogen-bond acceptors (Lipinski definition) is 3. The minimum atomic E-state index is -0.379. The summed E-state index contributed by atoms with van der Waals surface area (Å²) in [5.74, 6) is 0.140. The third-order valence-electron chi connectivity index (χ3n) is 2.03. The summed E-state index contributed by atoms with van der Waals surface area (Å²) in [6, 6.07) is 4.95. The number of esters is 1. The molecule has 92 valence electrons. The molecule has 1 aromatic rings. The Kier molecular flexibility index (Phi) is 5.32. The van der Waals surface area contributed by atoms with Gasteiger partial charge in [-0.25, -0.2) is 4.79 Å². The normalized spacial score (nSPS) is 11.2. The van der Waals surface area contributed by atoms with Crippen LogP contribution < -0.4 is 4.74 Å². The molecule has 5 heteroatoms. The van der Waals surface area contributed by atoms with E-state index in [9.17, 15) is 4.79 Å². The number of halogens is 2. The van der Waals surface area contributed by atoms with Crippen LogP contribution in [0.25, 0.3) is 0 Å². The summed E-state index contributed by atoms with van der Waals surface area (Å²) in [7, 11) is 1.33. The van der Waals surface area contributed by atoms with Crippen molar-refractivity contribution in [1.29, 1.82) is 0 Å². The van der Waals surface area contributed by atoms with Gasteiger partial charge in [0.15, 0.2) is 0 Å². The fraction of sp³-hybridized carbons (Fsp3) is 0.250. The van der Waals surface area contributed by atoms with Crippen LogP contribution >= 0.6 is 23.2 Å². The highest BCUT2D eigenvalue weighted by Gasteiger charge is 2.04. The van der Waals surface area contributed by atoms with E-state index in [1.807, 2.05) is 0 Å². The zero-order valence-corrected chi connectivity index (χ0v) is 11.0.